The van der Waals surface area contributed by atoms with Crippen molar-refractivity contribution in [3.05, 3.63) is 59.4 Å². The summed E-state index contributed by atoms with van der Waals surface area (Å²) >= 11 is 1.82. The summed E-state index contributed by atoms with van der Waals surface area (Å²) in [5.74, 6) is 1.76. The minimum absolute atomic E-state index is 0.732. The van der Waals surface area contributed by atoms with E-state index >= 15 is 0 Å². The molecule has 1 nitrogen and oxygen atoms in total. The minimum atomic E-state index is 0.732. The van der Waals surface area contributed by atoms with Crippen LogP contribution in [0.1, 0.15) is 54.9 Å². The molecule has 0 N–H and O–H groups in total. The second kappa shape index (κ2) is 6.68. The van der Waals surface area contributed by atoms with Gasteiger partial charge < -0.3 is 4.42 Å². The number of hydrogen-bond acceptors (Lipinski definition) is 2. The SMILES string of the molecule is Cc1ccc(Sc2c(C)oc3ccc(C4CCCCC4)cc23)cc1. The molecule has 124 valence electrons. The highest BCUT2D eigenvalue weighted by Gasteiger charge is 2.18. The molecule has 0 amide bonds. The quantitative estimate of drug-likeness (QED) is 0.499. The first-order chi connectivity index (χ1) is 11.7. The molecule has 1 aromatic heterocycles. The van der Waals surface area contributed by atoms with E-state index in [0.29, 0.717) is 0 Å². The Balaban J connectivity index is 1.71. The Morgan fingerprint density at radius 1 is 0.917 bits per heavy atom. The molecule has 3 aromatic rings. The normalized spacial score (nSPS) is 15.9. The van der Waals surface area contributed by atoms with E-state index in [2.05, 4.69) is 56.3 Å². The summed E-state index contributed by atoms with van der Waals surface area (Å²) in [4.78, 5) is 2.54. The van der Waals surface area contributed by atoms with Crippen molar-refractivity contribution in [2.24, 2.45) is 0 Å². The van der Waals surface area contributed by atoms with Crippen LogP contribution in [0.5, 0.6) is 0 Å². The van der Waals surface area contributed by atoms with Gasteiger partial charge in [-0.25, -0.2) is 0 Å². The highest BCUT2D eigenvalue weighted by atomic mass is 32.2. The van der Waals surface area contributed by atoms with Gasteiger partial charge in [-0.1, -0.05) is 54.8 Å². The Bertz CT molecular complexity index is 838. The number of hydrogen-bond donors (Lipinski definition) is 0. The van der Waals surface area contributed by atoms with Gasteiger partial charge in [0.1, 0.15) is 11.3 Å². The van der Waals surface area contributed by atoms with E-state index in [1.807, 2.05) is 11.8 Å². The molecule has 0 spiro atoms. The van der Waals surface area contributed by atoms with Crippen molar-refractivity contribution in [3.8, 4) is 0 Å². The molecule has 24 heavy (non-hydrogen) atoms. The molecule has 1 fully saturated rings. The van der Waals surface area contributed by atoms with E-state index in [-0.39, 0.29) is 0 Å². The van der Waals surface area contributed by atoms with E-state index < -0.39 is 0 Å². The molecule has 1 heterocycles. The van der Waals surface area contributed by atoms with Crippen LogP contribution in [-0.4, -0.2) is 0 Å². The van der Waals surface area contributed by atoms with E-state index in [4.69, 9.17) is 4.42 Å². The first-order valence-corrected chi connectivity index (χ1v) is 9.80. The maximum absolute atomic E-state index is 6.02. The molecule has 0 atom stereocenters. The van der Waals surface area contributed by atoms with Crippen LogP contribution < -0.4 is 0 Å². The first-order valence-electron chi connectivity index (χ1n) is 8.98. The molecular weight excluding hydrogens is 312 g/mol. The predicted molar refractivity (Wildman–Crippen MR) is 102 cm³/mol. The monoisotopic (exact) mass is 336 g/mol. The van der Waals surface area contributed by atoms with E-state index in [0.717, 1.165) is 17.3 Å². The first kappa shape index (κ1) is 15.8. The molecular formula is C22H24OS. The molecule has 0 aliphatic heterocycles. The number of fused-ring (bicyclic) bond motifs is 1. The smallest absolute Gasteiger partial charge is 0.135 e. The molecule has 4 rings (SSSR count). The fourth-order valence-corrected chi connectivity index (χ4v) is 4.72. The number of aryl methyl sites for hydroxylation is 2. The third kappa shape index (κ3) is 3.12. The highest BCUT2D eigenvalue weighted by Crippen LogP contribution is 2.41. The van der Waals surface area contributed by atoms with Gasteiger partial charge in [-0.15, -0.1) is 0 Å². The second-order valence-corrected chi connectivity index (χ2v) is 8.08. The Morgan fingerprint density at radius 2 is 1.67 bits per heavy atom. The van der Waals surface area contributed by atoms with Crippen molar-refractivity contribution in [3.63, 3.8) is 0 Å². The van der Waals surface area contributed by atoms with Gasteiger partial charge in [0.2, 0.25) is 0 Å². The fourth-order valence-electron chi connectivity index (χ4n) is 3.76. The lowest BCUT2D eigenvalue weighted by molar-refractivity contribution is 0.444. The van der Waals surface area contributed by atoms with E-state index in [1.54, 1.807) is 0 Å². The standard InChI is InChI=1S/C22H24OS/c1-15-8-11-19(12-9-15)24-22-16(2)23-21-13-10-18(14-20(21)22)17-6-4-3-5-7-17/h8-14,17H,3-7H2,1-2H3. The molecule has 2 aromatic carbocycles. The molecule has 2 heteroatoms. The van der Waals surface area contributed by atoms with Crippen LogP contribution in [0.3, 0.4) is 0 Å². The van der Waals surface area contributed by atoms with Gasteiger partial charge >= 0.3 is 0 Å². The lowest BCUT2D eigenvalue weighted by Gasteiger charge is -2.21. The van der Waals surface area contributed by atoms with Crippen molar-refractivity contribution >= 4 is 22.7 Å². The van der Waals surface area contributed by atoms with Gasteiger partial charge in [-0.05, 0) is 62.4 Å². The van der Waals surface area contributed by atoms with Crippen LogP contribution >= 0.6 is 11.8 Å². The lowest BCUT2D eigenvalue weighted by atomic mass is 9.84. The van der Waals surface area contributed by atoms with Crippen molar-refractivity contribution in [1.82, 2.24) is 0 Å². The van der Waals surface area contributed by atoms with Gasteiger partial charge in [0.15, 0.2) is 0 Å². The zero-order valence-electron chi connectivity index (χ0n) is 14.5. The molecule has 1 saturated carbocycles. The van der Waals surface area contributed by atoms with Crippen molar-refractivity contribution in [2.45, 2.75) is 61.7 Å². The molecule has 0 radical (unpaired) electrons. The van der Waals surface area contributed by atoms with Crippen LogP contribution in [0.25, 0.3) is 11.0 Å². The number of benzene rings is 2. The lowest BCUT2D eigenvalue weighted by Crippen LogP contribution is -2.04. The van der Waals surface area contributed by atoms with E-state index in [1.165, 1.54) is 58.4 Å². The average molecular weight is 337 g/mol. The van der Waals surface area contributed by atoms with Crippen molar-refractivity contribution in [1.29, 1.82) is 0 Å². The molecule has 0 unspecified atom stereocenters. The van der Waals surface area contributed by atoms with Crippen LogP contribution in [0.2, 0.25) is 0 Å². The summed E-state index contributed by atoms with van der Waals surface area (Å²) < 4.78 is 6.02. The van der Waals surface area contributed by atoms with Gasteiger partial charge in [-0.3, -0.25) is 0 Å². The third-order valence-corrected chi connectivity index (χ3v) is 6.37. The summed E-state index contributed by atoms with van der Waals surface area (Å²) in [6.45, 7) is 4.21. The molecule has 0 saturated heterocycles. The van der Waals surface area contributed by atoms with Crippen LogP contribution in [0.4, 0.5) is 0 Å². The van der Waals surface area contributed by atoms with Gasteiger partial charge in [0.05, 0.1) is 4.90 Å². The molecule has 1 aliphatic carbocycles. The zero-order chi connectivity index (χ0) is 16.5. The Hall–Kier alpha value is -1.67. The summed E-state index contributed by atoms with van der Waals surface area (Å²) in [5.41, 5.74) is 3.81. The molecule has 1 aliphatic rings. The summed E-state index contributed by atoms with van der Waals surface area (Å²) in [6, 6.07) is 15.6. The maximum Gasteiger partial charge on any atom is 0.135 e. The average Bonchev–Trinajstić information content (AvgIpc) is 2.92. The van der Waals surface area contributed by atoms with Crippen LogP contribution in [0, 0.1) is 13.8 Å². The zero-order valence-corrected chi connectivity index (χ0v) is 15.3. The third-order valence-electron chi connectivity index (χ3n) is 5.15. The van der Waals surface area contributed by atoms with Gasteiger partial charge in [0.25, 0.3) is 0 Å². The molecule has 0 bridgehead atoms. The minimum Gasteiger partial charge on any atom is -0.460 e. The van der Waals surface area contributed by atoms with Crippen LogP contribution in [0.15, 0.2) is 56.7 Å². The summed E-state index contributed by atoms with van der Waals surface area (Å²) in [6.07, 6.45) is 6.82. The fraction of sp³-hybridized carbons (Fsp3) is 0.364. The second-order valence-electron chi connectivity index (χ2n) is 6.99. The van der Waals surface area contributed by atoms with E-state index in [9.17, 15) is 0 Å². The largest absolute Gasteiger partial charge is 0.460 e. The number of furan rings is 1. The van der Waals surface area contributed by atoms with Crippen molar-refractivity contribution < 1.29 is 4.42 Å². The maximum atomic E-state index is 6.02. The Morgan fingerprint density at radius 3 is 2.42 bits per heavy atom. The topological polar surface area (TPSA) is 13.1 Å². The van der Waals surface area contributed by atoms with Crippen LogP contribution in [-0.2, 0) is 0 Å². The summed E-state index contributed by atoms with van der Waals surface area (Å²) in [5, 5.41) is 1.28. The van der Waals surface area contributed by atoms with Gasteiger partial charge in [-0.2, -0.15) is 0 Å². The van der Waals surface area contributed by atoms with Crippen molar-refractivity contribution in [2.75, 3.05) is 0 Å². The highest BCUT2D eigenvalue weighted by molar-refractivity contribution is 7.99. The Labute approximate surface area is 148 Å². The Kier molecular flexibility index (Phi) is 4.41. The number of rotatable bonds is 3. The predicted octanol–water partition coefficient (Wildman–Crippen LogP) is 7.25. The van der Waals surface area contributed by atoms with Gasteiger partial charge in [0, 0.05) is 10.3 Å². The summed E-state index contributed by atoms with van der Waals surface area (Å²) in [7, 11) is 0.